The van der Waals surface area contributed by atoms with E-state index in [4.69, 9.17) is 14.5 Å². The van der Waals surface area contributed by atoms with Gasteiger partial charge in [0.1, 0.15) is 18.2 Å². The number of thioether (sulfide) groups is 1. The number of rotatable bonds is 9. The first-order chi connectivity index (χ1) is 19.4. The number of carbonyl (C=O) groups is 2. The summed E-state index contributed by atoms with van der Waals surface area (Å²) in [5.74, 6) is -0.312. The van der Waals surface area contributed by atoms with Gasteiger partial charge in [-0.25, -0.2) is 14.2 Å². The summed E-state index contributed by atoms with van der Waals surface area (Å²) < 4.78 is 24.3. The Kier molecular flexibility index (Phi) is 8.31. The average Bonchev–Trinajstić information content (AvgIpc) is 3.37. The van der Waals surface area contributed by atoms with E-state index in [0.29, 0.717) is 27.9 Å². The van der Waals surface area contributed by atoms with Crippen LogP contribution in [-0.4, -0.2) is 29.1 Å². The second kappa shape index (κ2) is 12.2. The molecule has 3 aromatic carbocycles. The Hall–Kier alpha value is -4.37. The van der Waals surface area contributed by atoms with E-state index in [-0.39, 0.29) is 31.3 Å². The van der Waals surface area contributed by atoms with E-state index in [2.05, 4.69) is 5.32 Å². The second-order valence-corrected chi connectivity index (χ2v) is 10.1. The summed E-state index contributed by atoms with van der Waals surface area (Å²) in [6.45, 7) is 2.21. The van der Waals surface area contributed by atoms with Gasteiger partial charge < -0.3 is 19.7 Å². The zero-order valence-electron chi connectivity index (χ0n) is 22.1. The molecule has 9 heteroatoms. The second-order valence-electron chi connectivity index (χ2n) is 9.31. The lowest BCUT2D eigenvalue weighted by atomic mass is 9.93. The first kappa shape index (κ1) is 27.2. The Morgan fingerprint density at radius 2 is 1.73 bits per heavy atom. The summed E-state index contributed by atoms with van der Waals surface area (Å²) in [5.41, 5.74) is 4.19. The van der Waals surface area contributed by atoms with Crippen molar-refractivity contribution >= 4 is 28.8 Å². The lowest BCUT2D eigenvalue weighted by Gasteiger charge is -2.36. The van der Waals surface area contributed by atoms with Crippen molar-refractivity contribution in [2.45, 2.75) is 32.5 Å². The van der Waals surface area contributed by atoms with Gasteiger partial charge in [0.05, 0.1) is 30.8 Å². The van der Waals surface area contributed by atoms with Gasteiger partial charge in [0.2, 0.25) is 5.91 Å². The Labute approximate surface area is 236 Å². The van der Waals surface area contributed by atoms with Crippen LogP contribution >= 0.6 is 11.8 Å². The normalized spacial score (nSPS) is 16.2. The van der Waals surface area contributed by atoms with Crippen LogP contribution < -0.4 is 10.1 Å². The minimum Gasteiger partial charge on any atom is -0.497 e. The van der Waals surface area contributed by atoms with Crippen molar-refractivity contribution in [1.82, 2.24) is 10.2 Å². The van der Waals surface area contributed by atoms with Crippen LogP contribution in [0.3, 0.4) is 0 Å². The zero-order chi connectivity index (χ0) is 28.1. The molecule has 0 aromatic heterocycles. The van der Waals surface area contributed by atoms with Crippen LogP contribution in [0.15, 0.2) is 106 Å². The SMILES string of the molecule is COc1ccc([C@H]2C(C(=O)OCc3ccccc3)=C(C)N=C3SC=C(CC(=O)NCc4ccc(F)cc4)N32)cc1. The first-order valence-corrected chi connectivity index (χ1v) is 13.6. The molecular weight excluding hydrogens is 529 g/mol. The maximum absolute atomic E-state index is 13.6. The van der Waals surface area contributed by atoms with Gasteiger partial charge in [-0.05, 0) is 53.3 Å². The van der Waals surface area contributed by atoms with E-state index < -0.39 is 12.0 Å². The molecule has 1 amide bonds. The van der Waals surface area contributed by atoms with Crippen LogP contribution in [0.5, 0.6) is 5.75 Å². The molecule has 40 heavy (non-hydrogen) atoms. The topological polar surface area (TPSA) is 80.2 Å². The number of carbonyl (C=O) groups excluding carboxylic acids is 2. The number of nitrogens with zero attached hydrogens (tertiary/aromatic N) is 2. The van der Waals surface area contributed by atoms with Gasteiger partial charge in [-0.1, -0.05) is 66.4 Å². The maximum atomic E-state index is 13.6. The fraction of sp³-hybridized carbons (Fsp3) is 0.194. The number of aliphatic imine (C=N–C) groups is 1. The minimum absolute atomic E-state index is 0.0747. The molecule has 204 valence electrons. The monoisotopic (exact) mass is 557 g/mol. The van der Waals surface area contributed by atoms with Gasteiger partial charge >= 0.3 is 5.97 Å². The molecule has 0 saturated heterocycles. The van der Waals surface area contributed by atoms with Gasteiger partial charge in [-0.3, -0.25) is 4.79 Å². The summed E-state index contributed by atoms with van der Waals surface area (Å²) in [5, 5.41) is 5.46. The summed E-state index contributed by atoms with van der Waals surface area (Å²) in [6.07, 6.45) is 0.0747. The zero-order valence-corrected chi connectivity index (χ0v) is 22.9. The number of amides is 1. The number of methoxy groups -OCH3 is 1. The number of fused-ring (bicyclic) bond motifs is 1. The molecule has 2 aliphatic heterocycles. The molecule has 5 rings (SSSR count). The Balaban J connectivity index is 1.39. The number of hydrogen-bond donors (Lipinski definition) is 1. The van der Waals surface area contributed by atoms with Crippen LogP contribution in [0.1, 0.15) is 36.1 Å². The molecule has 2 heterocycles. The van der Waals surface area contributed by atoms with Crippen molar-refractivity contribution in [3.05, 3.63) is 124 Å². The van der Waals surface area contributed by atoms with E-state index in [1.807, 2.05) is 64.9 Å². The highest BCUT2D eigenvalue weighted by Crippen LogP contribution is 2.45. The number of halogens is 1. The standard InChI is InChI=1S/C31H28FN3O4S/c1-20-28(30(37)39-18-22-6-4-3-5-7-22)29(23-10-14-26(38-2)15-11-23)35-25(19-40-31(35)34-20)16-27(36)33-17-21-8-12-24(32)13-9-21/h3-15,19,29H,16-18H2,1-2H3,(H,33,36)/t29-/m0/s1. The first-order valence-electron chi connectivity index (χ1n) is 12.7. The van der Waals surface area contributed by atoms with Crippen molar-refractivity contribution in [3.63, 3.8) is 0 Å². The van der Waals surface area contributed by atoms with Gasteiger partial charge in [0.25, 0.3) is 0 Å². The number of amidine groups is 1. The number of allylic oxidation sites excluding steroid dienone is 1. The van der Waals surface area contributed by atoms with Gasteiger partial charge in [0.15, 0.2) is 5.17 Å². The third-order valence-electron chi connectivity index (χ3n) is 6.61. The molecule has 0 saturated carbocycles. The van der Waals surface area contributed by atoms with Crippen LogP contribution in [0.25, 0.3) is 0 Å². The molecular formula is C31H28FN3O4S. The van der Waals surface area contributed by atoms with Crippen LogP contribution in [0.2, 0.25) is 0 Å². The number of ether oxygens (including phenoxy) is 2. The quantitative estimate of drug-likeness (QED) is 0.332. The molecule has 2 aliphatic rings. The smallest absolute Gasteiger partial charge is 0.338 e. The van der Waals surface area contributed by atoms with Crippen LogP contribution in [0, 0.1) is 5.82 Å². The lowest BCUT2D eigenvalue weighted by molar-refractivity contribution is -0.141. The number of nitrogens with one attached hydrogen (secondary N) is 1. The fourth-order valence-electron chi connectivity index (χ4n) is 4.56. The average molecular weight is 558 g/mol. The Morgan fingerprint density at radius 1 is 1.00 bits per heavy atom. The molecule has 1 N–H and O–H groups in total. The summed E-state index contributed by atoms with van der Waals surface area (Å²) in [6, 6.07) is 22.4. The van der Waals surface area contributed by atoms with Crippen molar-refractivity contribution in [1.29, 1.82) is 0 Å². The third kappa shape index (κ3) is 6.10. The molecule has 0 spiro atoms. The van der Waals surface area contributed by atoms with Crippen molar-refractivity contribution in [3.8, 4) is 5.75 Å². The Morgan fingerprint density at radius 3 is 2.42 bits per heavy atom. The number of hydrogen-bond acceptors (Lipinski definition) is 7. The minimum atomic E-state index is -0.548. The lowest BCUT2D eigenvalue weighted by Crippen LogP contribution is -2.38. The largest absolute Gasteiger partial charge is 0.497 e. The summed E-state index contributed by atoms with van der Waals surface area (Å²) >= 11 is 1.41. The fourth-order valence-corrected chi connectivity index (χ4v) is 5.53. The Bertz CT molecular complexity index is 1490. The van der Waals surface area contributed by atoms with Crippen LogP contribution in [0.4, 0.5) is 4.39 Å². The van der Waals surface area contributed by atoms with Gasteiger partial charge in [0, 0.05) is 12.2 Å². The molecule has 0 bridgehead atoms. The highest BCUT2D eigenvalue weighted by molar-refractivity contribution is 8.16. The molecule has 0 fully saturated rings. The molecule has 3 aromatic rings. The highest BCUT2D eigenvalue weighted by Gasteiger charge is 2.41. The van der Waals surface area contributed by atoms with E-state index in [9.17, 15) is 14.0 Å². The van der Waals surface area contributed by atoms with E-state index in [1.54, 1.807) is 26.2 Å². The highest BCUT2D eigenvalue weighted by atomic mass is 32.2. The van der Waals surface area contributed by atoms with E-state index in [0.717, 1.165) is 16.7 Å². The van der Waals surface area contributed by atoms with Crippen molar-refractivity contribution in [2.24, 2.45) is 4.99 Å². The molecule has 1 atom stereocenters. The number of benzene rings is 3. The van der Waals surface area contributed by atoms with Crippen LogP contribution in [-0.2, 0) is 27.5 Å². The van der Waals surface area contributed by atoms with Gasteiger partial charge in [-0.2, -0.15) is 0 Å². The summed E-state index contributed by atoms with van der Waals surface area (Å²) in [4.78, 5) is 33.2. The van der Waals surface area contributed by atoms with E-state index in [1.165, 1.54) is 23.9 Å². The molecule has 0 aliphatic carbocycles. The van der Waals surface area contributed by atoms with Crippen molar-refractivity contribution < 1.29 is 23.5 Å². The third-order valence-corrected chi connectivity index (χ3v) is 7.50. The predicted octanol–water partition coefficient (Wildman–Crippen LogP) is 5.86. The summed E-state index contributed by atoms with van der Waals surface area (Å²) in [7, 11) is 1.60. The molecule has 7 nitrogen and oxygen atoms in total. The maximum Gasteiger partial charge on any atom is 0.338 e. The number of esters is 1. The molecule has 0 radical (unpaired) electrons. The van der Waals surface area contributed by atoms with Crippen molar-refractivity contribution in [2.75, 3.05) is 7.11 Å². The van der Waals surface area contributed by atoms with Gasteiger partial charge in [-0.15, -0.1) is 0 Å². The molecule has 0 unspecified atom stereocenters. The predicted molar refractivity (Wildman–Crippen MR) is 152 cm³/mol. The van der Waals surface area contributed by atoms with E-state index >= 15 is 0 Å².